The number of nitrogens with one attached hydrogen (secondary N) is 1. The van der Waals surface area contributed by atoms with E-state index in [0.717, 1.165) is 64.1 Å². The molecule has 2 aliphatic heterocycles. The number of nitrogens with zero attached hydrogens (tertiary/aromatic N) is 3. The Hall–Kier alpha value is -0.800. The highest BCUT2D eigenvalue weighted by Crippen LogP contribution is 2.17. The summed E-state index contributed by atoms with van der Waals surface area (Å²) in [6, 6.07) is 4.95. The van der Waals surface area contributed by atoms with Gasteiger partial charge in [-0.15, -0.1) is 24.0 Å². The molecule has 6 nitrogen and oxygen atoms in total. The fourth-order valence-corrected chi connectivity index (χ4v) is 3.40. The quantitative estimate of drug-likeness (QED) is 0.413. The van der Waals surface area contributed by atoms with E-state index >= 15 is 0 Å². The summed E-state index contributed by atoms with van der Waals surface area (Å²) >= 11 is 0. The Balaban J connectivity index is 0.00000225. The van der Waals surface area contributed by atoms with E-state index in [1.54, 1.807) is 6.26 Å². The van der Waals surface area contributed by atoms with Crippen molar-refractivity contribution in [2.75, 3.05) is 45.9 Å². The molecule has 0 radical (unpaired) electrons. The predicted octanol–water partition coefficient (Wildman–Crippen LogP) is 2.20. The highest BCUT2D eigenvalue weighted by molar-refractivity contribution is 14.0. The minimum absolute atomic E-state index is 0. The van der Waals surface area contributed by atoms with Gasteiger partial charge < -0.3 is 19.4 Å². The van der Waals surface area contributed by atoms with Gasteiger partial charge in [0.1, 0.15) is 5.76 Å². The van der Waals surface area contributed by atoms with Crippen molar-refractivity contribution in [2.45, 2.75) is 38.8 Å². The van der Waals surface area contributed by atoms with Gasteiger partial charge in [-0.25, -0.2) is 0 Å². The molecule has 0 amide bonds. The van der Waals surface area contributed by atoms with E-state index in [-0.39, 0.29) is 24.0 Å². The monoisotopic (exact) mass is 462 g/mol. The molecule has 0 spiro atoms. The average Bonchev–Trinajstić information content (AvgIpc) is 3.26. The molecule has 3 heterocycles. The normalized spacial score (nSPS) is 22.3. The van der Waals surface area contributed by atoms with Crippen molar-refractivity contribution in [2.24, 2.45) is 4.99 Å². The van der Waals surface area contributed by atoms with Gasteiger partial charge in [0.05, 0.1) is 19.5 Å². The predicted molar refractivity (Wildman–Crippen MR) is 111 cm³/mol. The molecule has 1 aromatic rings. The van der Waals surface area contributed by atoms with Crippen LogP contribution in [0, 0.1) is 0 Å². The van der Waals surface area contributed by atoms with Gasteiger partial charge >= 0.3 is 0 Å². The molecule has 25 heavy (non-hydrogen) atoms. The van der Waals surface area contributed by atoms with Crippen molar-refractivity contribution in [3.8, 4) is 0 Å². The maximum Gasteiger partial charge on any atom is 0.194 e. The molecule has 2 fully saturated rings. The summed E-state index contributed by atoms with van der Waals surface area (Å²) in [6.45, 7) is 11.1. The number of hydrogen-bond acceptors (Lipinski definition) is 4. The Morgan fingerprint density at radius 3 is 2.80 bits per heavy atom. The van der Waals surface area contributed by atoms with Crippen LogP contribution >= 0.6 is 24.0 Å². The zero-order valence-corrected chi connectivity index (χ0v) is 17.6. The van der Waals surface area contributed by atoms with E-state index in [0.29, 0.717) is 12.1 Å². The molecule has 3 rings (SSSR count). The van der Waals surface area contributed by atoms with Gasteiger partial charge in [-0.2, -0.15) is 0 Å². The van der Waals surface area contributed by atoms with E-state index in [1.165, 1.54) is 6.42 Å². The molecule has 1 unspecified atom stereocenters. The van der Waals surface area contributed by atoms with Crippen LogP contribution in [0.25, 0.3) is 0 Å². The maximum atomic E-state index is 5.47. The van der Waals surface area contributed by atoms with Gasteiger partial charge in [0, 0.05) is 51.2 Å². The maximum absolute atomic E-state index is 5.47. The standard InChI is InChI=1S/C18H30N4O2.HI/c1-15(2)20-18(19-7-5-17-4-3-11-24-17)22-8-6-16(14-22)21-9-12-23-13-10-21;/h3-4,11,15-16H,5-10,12-14H2,1-2H3,(H,19,20);1H. The average molecular weight is 462 g/mol. The van der Waals surface area contributed by atoms with Gasteiger partial charge in [0.15, 0.2) is 5.96 Å². The molecule has 0 saturated carbocycles. The lowest BCUT2D eigenvalue weighted by Gasteiger charge is -2.32. The first-order chi connectivity index (χ1) is 11.7. The lowest BCUT2D eigenvalue weighted by Crippen LogP contribution is -2.47. The lowest BCUT2D eigenvalue weighted by molar-refractivity contribution is 0.0194. The van der Waals surface area contributed by atoms with Gasteiger partial charge in [-0.05, 0) is 32.4 Å². The molecule has 2 aliphatic rings. The molecule has 1 N–H and O–H groups in total. The Bertz CT molecular complexity index is 515. The van der Waals surface area contributed by atoms with Crippen LogP contribution in [0.4, 0.5) is 0 Å². The minimum Gasteiger partial charge on any atom is -0.469 e. The van der Waals surface area contributed by atoms with Crippen molar-refractivity contribution in [1.29, 1.82) is 0 Å². The Morgan fingerprint density at radius 2 is 2.12 bits per heavy atom. The summed E-state index contributed by atoms with van der Waals surface area (Å²) in [5, 5.41) is 3.53. The van der Waals surface area contributed by atoms with Crippen molar-refractivity contribution in [3.63, 3.8) is 0 Å². The second-order valence-corrected chi connectivity index (χ2v) is 6.87. The molecule has 0 aromatic carbocycles. The third kappa shape index (κ3) is 6.14. The third-order valence-corrected chi connectivity index (χ3v) is 4.64. The summed E-state index contributed by atoms with van der Waals surface area (Å²) in [5.41, 5.74) is 0. The Kier molecular flexibility index (Phi) is 8.51. The highest BCUT2D eigenvalue weighted by atomic mass is 127. The second kappa shape index (κ2) is 10.4. The van der Waals surface area contributed by atoms with Crippen LogP contribution in [-0.2, 0) is 11.2 Å². The topological polar surface area (TPSA) is 53.2 Å². The first kappa shape index (κ1) is 20.5. The van der Waals surface area contributed by atoms with Crippen LogP contribution in [0.15, 0.2) is 27.8 Å². The van der Waals surface area contributed by atoms with Crippen LogP contribution in [0.5, 0.6) is 0 Å². The van der Waals surface area contributed by atoms with Gasteiger partial charge in [-0.1, -0.05) is 0 Å². The zero-order valence-electron chi connectivity index (χ0n) is 15.3. The zero-order chi connectivity index (χ0) is 16.8. The molecule has 142 valence electrons. The number of ether oxygens (including phenoxy) is 1. The van der Waals surface area contributed by atoms with Crippen molar-refractivity contribution in [1.82, 2.24) is 15.1 Å². The van der Waals surface area contributed by atoms with Crippen molar-refractivity contribution in [3.05, 3.63) is 24.2 Å². The van der Waals surface area contributed by atoms with Crippen LogP contribution in [-0.4, -0.2) is 73.8 Å². The lowest BCUT2D eigenvalue weighted by atomic mass is 10.2. The molecule has 1 atom stereocenters. The summed E-state index contributed by atoms with van der Waals surface area (Å²) in [5.74, 6) is 2.03. The summed E-state index contributed by atoms with van der Waals surface area (Å²) in [6.07, 6.45) is 3.77. The van der Waals surface area contributed by atoms with Crippen molar-refractivity contribution >= 4 is 29.9 Å². The van der Waals surface area contributed by atoms with E-state index in [4.69, 9.17) is 14.1 Å². The number of morpholine rings is 1. The van der Waals surface area contributed by atoms with E-state index < -0.39 is 0 Å². The third-order valence-electron chi connectivity index (χ3n) is 4.64. The van der Waals surface area contributed by atoms with E-state index in [9.17, 15) is 0 Å². The Labute approximate surface area is 168 Å². The number of guanidine groups is 1. The number of halogens is 1. The molecule has 7 heteroatoms. The summed E-state index contributed by atoms with van der Waals surface area (Å²) < 4.78 is 10.9. The summed E-state index contributed by atoms with van der Waals surface area (Å²) in [7, 11) is 0. The van der Waals surface area contributed by atoms with E-state index in [1.807, 2.05) is 12.1 Å². The minimum atomic E-state index is 0. The SMILES string of the molecule is CC(C)NC(=NCCc1ccco1)N1CCC(N2CCOCC2)C1.I. The number of aliphatic imine (C=N–C) groups is 1. The van der Waals surface area contributed by atoms with Gasteiger partial charge in [-0.3, -0.25) is 9.89 Å². The first-order valence-corrected chi connectivity index (χ1v) is 9.12. The first-order valence-electron chi connectivity index (χ1n) is 9.12. The molecular weight excluding hydrogens is 431 g/mol. The Morgan fingerprint density at radius 1 is 1.32 bits per heavy atom. The number of likely N-dealkylation sites (tertiary alicyclic amines) is 1. The number of furan rings is 1. The summed E-state index contributed by atoms with van der Waals surface area (Å²) in [4.78, 5) is 9.80. The second-order valence-electron chi connectivity index (χ2n) is 6.87. The fourth-order valence-electron chi connectivity index (χ4n) is 3.40. The highest BCUT2D eigenvalue weighted by Gasteiger charge is 2.30. The van der Waals surface area contributed by atoms with Crippen LogP contribution in [0.3, 0.4) is 0 Å². The largest absolute Gasteiger partial charge is 0.469 e. The molecular formula is C18H31IN4O2. The van der Waals surface area contributed by atoms with Crippen molar-refractivity contribution < 1.29 is 9.15 Å². The van der Waals surface area contributed by atoms with E-state index in [2.05, 4.69) is 29.0 Å². The van der Waals surface area contributed by atoms with Crippen LogP contribution in [0.1, 0.15) is 26.0 Å². The smallest absolute Gasteiger partial charge is 0.194 e. The number of hydrogen-bond donors (Lipinski definition) is 1. The van der Waals surface area contributed by atoms with Crippen LogP contribution in [0.2, 0.25) is 0 Å². The molecule has 0 bridgehead atoms. The molecule has 1 aromatic heterocycles. The van der Waals surface area contributed by atoms with Gasteiger partial charge in [0.25, 0.3) is 0 Å². The molecule has 2 saturated heterocycles. The van der Waals surface area contributed by atoms with Gasteiger partial charge in [0.2, 0.25) is 0 Å². The number of rotatable bonds is 5. The molecule has 0 aliphatic carbocycles. The van der Waals surface area contributed by atoms with Crippen LogP contribution < -0.4 is 5.32 Å². The fraction of sp³-hybridized carbons (Fsp3) is 0.722.